The molecule has 0 aliphatic heterocycles. The predicted octanol–water partition coefficient (Wildman–Crippen LogP) is 5.75. The summed E-state index contributed by atoms with van der Waals surface area (Å²) >= 11 is 1.28. The second-order valence-electron chi connectivity index (χ2n) is 7.27. The summed E-state index contributed by atoms with van der Waals surface area (Å²) in [5, 5.41) is 12.5. The van der Waals surface area contributed by atoms with Crippen LogP contribution in [0.15, 0.2) is 60.2 Å². The Morgan fingerprint density at radius 1 is 1.18 bits per heavy atom. The molecule has 6 nitrogen and oxygen atoms in total. The number of esters is 1. The Hall–Kier alpha value is -3.96. The third kappa shape index (κ3) is 6.30. The molecule has 8 heteroatoms. The molecule has 0 spiro atoms. The number of nitrogens with zero attached hydrogens (tertiary/aromatic N) is 1. The normalized spacial score (nSPS) is 10.9. The first-order valence-corrected chi connectivity index (χ1v) is 11.4. The number of nitrogens with one attached hydrogen (secondary N) is 1. The van der Waals surface area contributed by atoms with E-state index >= 15 is 0 Å². The van der Waals surface area contributed by atoms with Gasteiger partial charge in [-0.05, 0) is 42.3 Å². The molecule has 0 radical (unpaired) electrons. The molecule has 0 saturated carbocycles. The van der Waals surface area contributed by atoms with E-state index in [9.17, 15) is 19.2 Å². The number of carbonyl (C=O) groups is 2. The first-order chi connectivity index (χ1) is 16.4. The number of anilines is 1. The van der Waals surface area contributed by atoms with Gasteiger partial charge >= 0.3 is 5.97 Å². The maximum Gasteiger partial charge on any atom is 0.340 e. The van der Waals surface area contributed by atoms with E-state index in [1.54, 1.807) is 48.5 Å². The van der Waals surface area contributed by atoms with Crippen LogP contribution >= 0.6 is 11.3 Å². The fourth-order valence-electron chi connectivity index (χ4n) is 3.09. The molecular formula is C26H23FN2O4S. The van der Waals surface area contributed by atoms with Gasteiger partial charge in [-0.15, -0.1) is 11.3 Å². The SMILES string of the molecule is CCCc1cc(C(=O)OC)c(NC(=O)/C(C#N)=C/c2ccc(OCc3ccccc3F)cc2)s1. The molecule has 3 aromatic rings. The predicted molar refractivity (Wildman–Crippen MR) is 129 cm³/mol. The standard InChI is InChI=1S/C26H23FN2O4S/c1-3-6-21-14-22(26(31)32-2)25(34-21)29-24(30)19(15-28)13-17-9-11-20(12-10-17)33-16-18-7-4-5-8-23(18)27/h4-5,7-14H,3,6,16H2,1-2H3,(H,29,30)/b19-13+. The zero-order chi connectivity index (χ0) is 24.5. The molecule has 0 saturated heterocycles. The fourth-order valence-corrected chi connectivity index (χ4v) is 4.23. The van der Waals surface area contributed by atoms with Gasteiger partial charge in [0.25, 0.3) is 5.91 Å². The van der Waals surface area contributed by atoms with Gasteiger partial charge < -0.3 is 14.8 Å². The minimum atomic E-state index is -0.627. The summed E-state index contributed by atoms with van der Waals surface area (Å²) < 4.78 is 24.1. The van der Waals surface area contributed by atoms with E-state index in [1.807, 2.05) is 13.0 Å². The van der Waals surface area contributed by atoms with Crippen LogP contribution in [-0.2, 0) is 22.6 Å². The lowest BCUT2D eigenvalue weighted by atomic mass is 10.1. The van der Waals surface area contributed by atoms with Gasteiger partial charge in [0.05, 0.1) is 12.7 Å². The van der Waals surface area contributed by atoms with Gasteiger partial charge in [0.15, 0.2) is 0 Å². The van der Waals surface area contributed by atoms with Crippen LogP contribution in [0, 0.1) is 17.1 Å². The highest BCUT2D eigenvalue weighted by molar-refractivity contribution is 7.16. The lowest BCUT2D eigenvalue weighted by Crippen LogP contribution is -2.15. The first kappa shape index (κ1) is 24.7. The van der Waals surface area contributed by atoms with Gasteiger partial charge in [-0.25, -0.2) is 9.18 Å². The van der Waals surface area contributed by atoms with Crippen LogP contribution in [0.4, 0.5) is 9.39 Å². The van der Waals surface area contributed by atoms with Crippen molar-refractivity contribution in [2.75, 3.05) is 12.4 Å². The van der Waals surface area contributed by atoms with Crippen LogP contribution in [0.25, 0.3) is 6.08 Å². The van der Waals surface area contributed by atoms with E-state index in [0.717, 1.165) is 17.7 Å². The Kier molecular flexibility index (Phi) is 8.54. The highest BCUT2D eigenvalue weighted by Crippen LogP contribution is 2.30. The summed E-state index contributed by atoms with van der Waals surface area (Å²) in [5.41, 5.74) is 1.19. The molecule has 174 valence electrons. The molecular weight excluding hydrogens is 455 g/mol. The van der Waals surface area contributed by atoms with E-state index in [2.05, 4.69) is 5.32 Å². The quantitative estimate of drug-likeness (QED) is 0.240. The van der Waals surface area contributed by atoms with Crippen molar-refractivity contribution in [1.82, 2.24) is 0 Å². The van der Waals surface area contributed by atoms with Gasteiger partial charge in [-0.1, -0.05) is 43.7 Å². The third-order valence-corrected chi connectivity index (χ3v) is 5.93. The van der Waals surface area contributed by atoms with Crippen molar-refractivity contribution in [3.8, 4) is 11.8 Å². The van der Waals surface area contributed by atoms with Crippen LogP contribution in [0.2, 0.25) is 0 Å². The highest BCUT2D eigenvalue weighted by Gasteiger charge is 2.20. The number of nitriles is 1. The number of methoxy groups -OCH3 is 1. The van der Waals surface area contributed by atoms with Crippen molar-refractivity contribution in [3.05, 3.63) is 87.6 Å². The molecule has 1 heterocycles. The number of aryl methyl sites for hydroxylation is 1. The third-order valence-electron chi connectivity index (χ3n) is 4.82. The number of hydrogen-bond donors (Lipinski definition) is 1. The Balaban J connectivity index is 1.71. The molecule has 1 amide bonds. The Morgan fingerprint density at radius 2 is 1.91 bits per heavy atom. The number of hydrogen-bond acceptors (Lipinski definition) is 6. The molecule has 0 unspecified atom stereocenters. The summed E-state index contributed by atoms with van der Waals surface area (Å²) in [6.07, 6.45) is 3.09. The van der Waals surface area contributed by atoms with Crippen LogP contribution in [0.5, 0.6) is 5.75 Å². The molecule has 3 rings (SSSR count). The minimum absolute atomic E-state index is 0.0804. The second-order valence-corrected chi connectivity index (χ2v) is 8.41. The zero-order valence-electron chi connectivity index (χ0n) is 18.8. The van der Waals surface area contributed by atoms with Gasteiger partial charge in [0.1, 0.15) is 34.8 Å². The van der Waals surface area contributed by atoms with Crippen molar-refractivity contribution in [2.24, 2.45) is 0 Å². The van der Waals surface area contributed by atoms with Crippen molar-refractivity contribution in [1.29, 1.82) is 5.26 Å². The lowest BCUT2D eigenvalue weighted by Gasteiger charge is -2.07. The summed E-state index contributed by atoms with van der Waals surface area (Å²) in [6.45, 7) is 2.10. The van der Waals surface area contributed by atoms with Gasteiger partial charge in [-0.3, -0.25) is 4.79 Å². The molecule has 1 aromatic heterocycles. The Bertz CT molecular complexity index is 1240. The number of benzene rings is 2. The average molecular weight is 479 g/mol. The van der Waals surface area contributed by atoms with Crippen molar-refractivity contribution in [3.63, 3.8) is 0 Å². The van der Waals surface area contributed by atoms with E-state index in [0.29, 0.717) is 21.9 Å². The number of carbonyl (C=O) groups excluding carboxylic acids is 2. The van der Waals surface area contributed by atoms with E-state index in [4.69, 9.17) is 9.47 Å². The van der Waals surface area contributed by atoms with Gasteiger partial charge in [0, 0.05) is 10.4 Å². The van der Waals surface area contributed by atoms with Crippen molar-refractivity contribution >= 4 is 34.3 Å². The molecule has 0 atom stereocenters. The van der Waals surface area contributed by atoms with Crippen LogP contribution < -0.4 is 10.1 Å². The van der Waals surface area contributed by atoms with Crippen molar-refractivity contribution in [2.45, 2.75) is 26.4 Å². The number of thiophene rings is 1. The molecule has 0 aliphatic rings. The molecule has 2 aromatic carbocycles. The van der Waals surface area contributed by atoms with Crippen LogP contribution in [-0.4, -0.2) is 19.0 Å². The smallest absolute Gasteiger partial charge is 0.340 e. The summed E-state index contributed by atoms with van der Waals surface area (Å²) in [7, 11) is 1.27. The maximum absolute atomic E-state index is 13.7. The fraction of sp³-hybridized carbons (Fsp3) is 0.192. The number of rotatable bonds is 9. The zero-order valence-corrected chi connectivity index (χ0v) is 19.6. The average Bonchev–Trinajstić information content (AvgIpc) is 3.24. The number of amides is 1. The van der Waals surface area contributed by atoms with Gasteiger partial charge in [0.2, 0.25) is 0 Å². The second kappa shape index (κ2) is 11.8. The van der Waals surface area contributed by atoms with E-state index in [-0.39, 0.29) is 23.6 Å². The summed E-state index contributed by atoms with van der Waals surface area (Å²) in [4.78, 5) is 25.7. The number of halogens is 1. The summed E-state index contributed by atoms with van der Waals surface area (Å²) in [5.74, 6) is -0.998. The minimum Gasteiger partial charge on any atom is -0.489 e. The Labute approximate surface area is 201 Å². The van der Waals surface area contributed by atoms with Crippen LogP contribution in [0.3, 0.4) is 0 Å². The van der Waals surface area contributed by atoms with E-state index in [1.165, 1.54) is 30.6 Å². The monoisotopic (exact) mass is 478 g/mol. The number of ether oxygens (including phenoxy) is 2. The van der Waals surface area contributed by atoms with Crippen LogP contribution in [0.1, 0.15) is 39.7 Å². The van der Waals surface area contributed by atoms with E-state index < -0.39 is 11.9 Å². The first-order valence-electron chi connectivity index (χ1n) is 10.6. The maximum atomic E-state index is 13.7. The molecule has 0 bridgehead atoms. The van der Waals surface area contributed by atoms with Gasteiger partial charge in [-0.2, -0.15) is 5.26 Å². The summed E-state index contributed by atoms with van der Waals surface area (Å²) in [6, 6.07) is 16.7. The molecule has 0 aliphatic carbocycles. The molecule has 0 fully saturated rings. The molecule has 1 N–H and O–H groups in total. The molecule has 34 heavy (non-hydrogen) atoms. The lowest BCUT2D eigenvalue weighted by molar-refractivity contribution is -0.112. The van der Waals surface area contributed by atoms with Crippen molar-refractivity contribution < 1.29 is 23.5 Å². The highest BCUT2D eigenvalue weighted by atomic mass is 32.1. The topological polar surface area (TPSA) is 88.4 Å². The Morgan fingerprint density at radius 3 is 2.56 bits per heavy atom. The largest absolute Gasteiger partial charge is 0.489 e.